The maximum absolute atomic E-state index is 12.4. The number of benzene rings is 2. The van der Waals surface area contributed by atoms with E-state index < -0.39 is 0 Å². The standard InChI is InChI=1S/C18H20ClN3O/c1-2-12-6-5-7-13(10-12)20-18(23)17-11-16(21-22-17)14-8-3-4-9-15(14)19/h3-10,16-17,21-22H,2,11H2,1H3,(H,20,23). The van der Waals surface area contributed by atoms with Gasteiger partial charge in [0.1, 0.15) is 6.04 Å². The van der Waals surface area contributed by atoms with Gasteiger partial charge in [-0.05, 0) is 42.2 Å². The number of anilines is 1. The van der Waals surface area contributed by atoms with E-state index in [1.807, 2.05) is 42.5 Å². The van der Waals surface area contributed by atoms with Crippen LogP contribution in [0.1, 0.15) is 30.5 Å². The topological polar surface area (TPSA) is 53.2 Å². The zero-order valence-electron chi connectivity index (χ0n) is 13.0. The maximum atomic E-state index is 12.4. The Kier molecular flexibility index (Phi) is 4.96. The van der Waals surface area contributed by atoms with Gasteiger partial charge >= 0.3 is 0 Å². The number of hydrogen-bond donors (Lipinski definition) is 3. The van der Waals surface area contributed by atoms with Gasteiger partial charge < -0.3 is 5.32 Å². The molecule has 1 heterocycles. The van der Waals surface area contributed by atoms with E-state index in [-0.39, 0.29) is 18.0 Å². The summed E-state index contributed by atoms with van der Waals surface area (Å²) in [7, 11) is 0. The lowest BCUT2D eigenvalue weighted by Gasteiger charge is -2.12. The number of aryl methyl sites for hydroxylation is 1. The highest BCUT2D eigenvalue weighted by Crippen LogP contribution is 2.28. The highest BCUT2D eigenvalue weighted by atomic mass is 35.5. The summed E-state index contributed by atoms with van der Waals surface area (Å²) >= 11 is 6.23. The molecule has 1 aliphatic heterocycles. The van der Waals surface area contributed by atoms with Crippen LogP contribution in [0, 0.1) is 0 Å². The van der Waals surface area contributed by atoms with Crippen molar-refractivity contribution in [3.63, 3.8) is 0 Å². The fourth-order valence-corrected chi connectivity index (χ4v) is 3.06. The molecule has 23 heavy (non-hydrogen) atoms. The Labute approximate surface area is 141 Å². The minimum absolute atomic E-state index is 0.0291. The van der Waals surface area contributed by atoms with Crippen molar-refractivity contribution in [2.75, 3.05) is 5.32 Å². The first-order chi connectivity index (χ1) is 11.2. The monoisotopic (exact) mass is 329 g/mol. The van der Waals surface area contributed by atoms with Crippen molar-refractivity contribution in [1.82, 2.24) is 10.9 Å². The molecule has 2 aromatic rings. The SMILES string of the molecule is CCc1cccc(NC(=O)C2CC(c3ccccc3Cl)NN2)c1. The minimum atomic E-state index is -0.290. The van der Waals surface area contributed by atoms with Gasteiger partial charge in [-0.2, -0.15) is 0 Å². The van der Waals surface area contributed by atoms with Crippen LogP contribution in [-0.4, -0.2) is 11.9 Å². The Morgan fingerprint density at radius 2 is 2.04 bits per heavy atom. The summed E-state index contributed by atoms with van der Waals surface area (Å²) in [5, 5.41) is 3.68. The highest BCUT2D eigenvalue weighted by molar-refractivity contribution is 6.31. The highest BCUT2D eigenvalue weighted by Gasteiger charge is 2.31. The van der Waals surface area contributed by atoms with Crippen molar-refractivity contribution in [1.29, 1.82) is 0 Å². The van der Waals surface area contributed by atoms with Gasteiger partial charge in [-0.25, -0.2) is 10.9 Å². The van der Waals surface area contributed by atoms with Crippen LogP contribution >= 0.6 is 11.6 Å². The van der Waals surface area contributed by atoms with Crippen LogP contribution in [0.2, 0.25) is 5.02 Å². The Morgan fingerprint density at radius 3 is 2.83 bits per heavy atom. The maximum Gasteiger partial charge on any atom is 0.242 e. The molecule has 0 aromatic heterocycles. The first-order valence-electron chi connectivity index (χ1n) is 7.82. The third-order valence-electron chi connectivity index (χ3n) is 4.10. The fourth-order valence-electron chi connectivity index (χ4n) is 2.79. The number of halogens is 1. The van der Waals surface area contributed by atoms with Crippen LogP contribution < -0.4 is 16.2 Å². The summed E-state index contributed by atoms with van der Waals surface area (Å²) in [6, 6.07) is 15.4. The molecule has 0 bridgehead atoms. The summed E-state index contributed by atoms with van der Waals surface area (Å²) in [5.74, 6) is -0.0414. The van der Waals surface area contributed by atoms with Crippen LogP contribution in [0.5, 0.6) is 0 Å². The zero-order valence-corrected chi connectivity index (χ0v) is 13.7. The van der Waals surface area contributed by atoms with Gasteiger partial charge in [-0.15, -0.1) is 0 Å². The largest absolute Gasteiger partial charge is 0.325 e. The molecule has 0 radical (unpaired) electrons. The quantitative estimate of drug-likeness (QED) is 0.805. The second-order valence-electron chi connectivity index (χ2n) is 5.69. The molecule has 120 valence electrons. The molecule has 1 amide bonds. The van der Waals surface area contributed by atoms with Gasteiger partial charge in [-0.3, -0.25) is 4.79 Å². The van der Waals surface area contributed by atoms with Gasteiger partial charge in [0.05, 0.1) is 0 Å². The Balaban J connectivity index is 1.64. The molecule has 0 spiro atoms. The molecule has 5 heteroatoms. The lowest BCUT2D eigenvalue weighted by molar-refractivity contribution is -0.117. The first kappa shape index (κ1) is 16.0. The van der Waals surface area contributed by atoms with Gasteiger partial charge in [0.2, 0.25) is 5.91 Å². The summed E-state index contributed by atoms with van der Waals surface area (Å²) in [5.41, 5.74) is 9.26. The zero-order chi connectivity index (χ0) is 16.2. The number of carbonyl (C=O) groups is 1. The third-order valence-corrected chi connectivity index (χ3v) is 4.45. The number of rotatable bonds is 4. The lowest BCUT2D eigenvalue weighted by Crippen LogP contribution is -2.39. The molecule has 3 N–H and O–H groups in total. The summed E-state index contributed by atoms with van der Waals surface area (Å²) < 4.78 is 0. The molecule has 0 aliphatic carbocycles. The Morgan fingerprint density at radius 1 is 1.22 bits per heavy atom. The molecular formula is C18H20ClN3O. The second-order valence-corrected chi connectivity index (χ2v) is 6.10. The van der Waals surface area contributed by atoms with Crippen LogP contribution in [0.25, 0.3) is 0 Å². The number of hydrazine groups is 1. The molecule has 1 saturated heterocycles. The van der Waals surface area contributed by atoms with Crippen molar-refractivity contribution in [3.05, 3.63) is 64.7 Å². The van der Waals surface area contributed by atoms with Crippen molar-refractivity contribution < 1.29 is 4.79 Å². The van der Waals surface area contributed by atoms with Gasteiger partial charge in [0.25, 0.3) is 0 Å². The third kappa shape index (κ3) is 3.72. The smallest absolute Gasteiger partial charge is 0.242 e. The van der Waals surface area contributed by atoms with Crippen LogP contribution in [0.15, 0.2) is 48.5 Å². The predicted molar refractivity (Wildman–Crippen MR) is 93.3 cm³/mol. The summed E-state index contributed by atoms with van der Waals surface area (Å²) in [6.45, 7) is 2.09. The van der Waals surface area contributed by atoms with Crippen LogP contribution in [0.4, 0.5) is 5.69 Å². The molecule has 0 saturated carbocycles. The summed E-state index contributed by atoms with van der Waals surface area (Å²) in [6.07, 6.45) is 1.60. The Bertz CT molecular complexity index is 704. The van der Waals surface area contributed by atoms with E-state index in [0.29, 0.717) is 11.4 Å². The normalized spacial score (nSPS) is 20.4. The van der Waals surface area contributed by atoms with Gasteiger partial charge in [-0.1, -0.05) is 48.9 Å². The molecule has 2 atom stereocenters. The number of carbonyl (C=O) groups excluding carboxylic acids is 1. The average molecular weight is 330 g/mol. The van der Waals surface area contributed by atoms with Gasteiger partial charge in [0.15, 0.2) is 0 Å². The van der Waals surface area contributed by atoms with E-state index in [1.54, 1.807) is 0 Å². The number of hydrogen-bond acceptors (Lipinski definition) is 3. The first-order valence-corrected chi connectivity index (χ1v) is 8.20. The Hall–Kier alpha value is -1.88. The second kappa shape index (κ2) is 7.13. The number of amides is 1. The number of nitrogens with one attached hydrogen (secondary N) is 3. The molecule has 1 fully saturated rings. The van der Waals surface area contributed by atoms with Crippen molar-refractivity contribution in [2.24, 2.45) is 0 Å². The molecule has 2 aromatic carbocycles. The molecule has 4 nitrogen and oxygen atoms in total. The minimum Gasteiger partial charge on any atom is -0.325 e. The lowest BCUT2D eigenvalue weighted by atomic mass is 10.0. The van der Waals surface area contributed by atoms with E-state index in [0.717, 1.165) is 17.7 Å². The molecule has 3 rings (SSSR count). The van der Waals surface area contributed by atoms with Crippen LogP contribution in [-0.2, 0) is 11.2 Å². The van der Waals surface area contributed by atoms with Crippen molar-refractivity contribution in [2.45, 2.75) is 31.8 Å². The van der Waals surface area contributed by atoms with E-state index >= 15 is 0 Å². The van der Waals surface area contributed by atoms with Crippen molar-refractivity contribution in [3.8, 4) is 0 Å². The van der Waals surface area contributed by atoms with E-state index in [2.05, 4.69) is 29.2 Å². The van der Waals surface area contributed by atoms with E-state index in [9.17, 15) is 4.79 Å². The van der Waals surface area contributed by atoms with E-state index in [4.69, 9.17) is 11.6 Å². The molecule has 2 unspecified atom stereocenters. The fraction of sp³-hybridized carbons (Fsp3) is 0.278. The van der Waals surface area contributed by atoms with Gasteiger partial charge in [0, 0.05) is 16.8 Å². The average Bonchev–Trinajstić information content (AvgIpc) is 3.05. The predicted octanol–water partition coefficient (Wildman–Crippen LogP) is 3.45. The molecular weight excluding hydrogens is 310 g/mol. The van der Waals surface area contributed by atoms with Crippen molar-refractivity contribution >= 4 is 23.2 Å². The van der Waals surface area contributed by atoms with Crippen LogP contribution in [0.3, 0.4) is 0 Å². The molecule has 1 aliphatic rings. The summed E-state index contributed by atoms with van der Waals surface area (Å²) in [4.78, 5) is 12.4. The van der Waals surface area contributed by atoms with E-state index in [1.165, 1.54) is 5.56 Å².